The molecule has 0 aliphatic heterocycles. The van der Waals surface area contributed by atoms with Gasteiger partial charge in [-0.3, -0.25) is 4.79 Å². The molecule has 4 atom stereocenters. The molecule has 6 nitrogen and oxygen atoms in total. The molecule has 0 radical (unpaired) electrons. The zero-order valence-corrected chi connectivity index (χ0v) is 39.5. The molecule has 0 aromatic rings. The molecule has 0 aliphatic rings. The van der Waals surface area contributed by atoms with Crippen molar-refractivity contribution < 1.29 is 25.2 Å². The molecule has 1 amide bonds. The average Bonchev–Trinajstić information content (AvgIpc) is 3.24. The summed E-state index contributed by atoms with van der Waals surface area (Å²) in [4.78, 5) is 12.4. The Bertz CT molecular complexity index is 893. The molecule has 350 valence electrons. The van der Waals surface area contributed by atoms with Crippen LogP contribution in [0.3, 0.4) is 0 Å². The van der Waals surface area contributed by atoms with Crippen LogP contribution in [0.2, 0.25) is 0 Å². The van der Waals surface area contributed by atoms with Crippen molar-refractivity contribution >= 4 is 5.91 Å². The molecule has 0 saturated heterocycles. The van der Waals surface area contributed by atoms with E-state index in [0.29, 0.717) is 12.8 Å². The van der Waals surface area contributed by atoms with Gasteiger partial charge in [0, 0.05) is 0 Å². The van der Waals surface area contributed by atoms with Crippen molar-refractivity contribution in [3.8, 4) is 0 Å². The van der Waals surface area contributed by atoms with Crippen LogP contribution in [0.4, 0.5) is 0 Å². The summed E-state index contributed by atoms with van der Waals surface area (Å²) in [7, 11) is 0. The molecule has 4 unspecified atom stereocenters. The van der Waals surface area contributed by atoms with Crippen molar-refractivity contribution in [2.24, 2.45) is 0 Å². The van der Waals surface area contributed by atoms with Crippen LogP contribution < -0.4 is 5.32 Å². The van der Waals surface area contributed by atoms with E-state index in [1.807, 2.05) is 0 Å². The van der Waals surface area contributed by atoms with Gasteiger partial charge in [-0.25, -0.2) is 0 Å². The van der Waals surface area contributed by atoms with E-state index in [-0.39, 0.29) is 0 Å². The number of amides is 1. The fourth-order valence-electron chi connectivity index (χ4n) is 8.26. The Hall–Kier alpha value is -1.21. The molecular weight excluding hydrogens is 731 g/mol. The van der Waals surface area contributed by atoms with Crippen molar-refractivity contribution in [1.29, 1.82) is 0 Å². The third-order valence-corrected chi connectivity index (χ3v) is 12.4. The van der Waals surface area contributed by atoms with Gasteiger partial charge < -0.3 is 25.7 Å². The van der Waals surface area contributed by atoms with Gasteiger partial charge in [-0.05, 0) is 44.9 Å². The number of allylic oxidation sites excluding steroid dienone is 4. The first kappa shape index (κ1) is 57.8. The number of aliphatic hydroxyl groups is 4. The van der Waals surface area contributed by atoms with E-state index in [1.54, 1.807) is 0 Å². The number of rotatable bonds is 48. The molecule has 6 heteroatoms. The summed E-state index contributed by atoms with van der Waals surface area (Å²) in [6.45, 7) is 3.96. The van der Waals surface area contributed by atoms with E-state index in [4.69, 9.17) is 0 Å². The fourth-order valence-corrected chi connectivity index (χ4v) is 8.26. The molecule has 0 saturated carbocycles. The average molecular weight is 834 g/mol. The normalized spacial score (nSPS) is 14.1. The highest BCUT2D eigenvalue weighted by molar-refractivity contribution is 5.80. The predicted molar refractivity (Wildman–Crippen MR) is 256 cm³/mol. The number of nitrogens with one attached hydrogen (secondary N) is 1. The quantitative estimate of drug-likeness (QED) is 0.0310. The van der Waals surface area contributed by atoms with Crippen LogP contribution >= 0.6 is 0 Å². The smallest absolute Gasteiger partial charge is 0.249 e. The molecule has 59 heavy (non-hydrogen) atoms. The lowest BCUT2D eigenvalue weighted by atomic mass is 9.99. The zero-order valence-electron chi connectivity index (χ0n) is 39.5. The zero-order chi connectivity index (χ0) is 43.1. The number of hydrogen-bond acceptors (Lipinski definition) is 5. The van der Waals surface area contributed by atoms with E-state index < -0.39 is 36.9 Å². The summed E-state index contributed by atoms with van der Waals surface area (Å²) in [5.74, 6) is -0.587. The van der Waals surface area contributed by atoms with E-state index in [9.17, 15) is 25.2 Å². The van der Waals surface area contributed by atoms with E-state index >= 15 is 0 Å². The number of unbranched alkanes of at least 4 members (excludes halogenated alkanes) is 35. The van der Waals surface area contributed by atoms with E-state index in [0.717, 1.165) is 57.8 Å². The third-order valence-electron chi connectivity index (χ3n) is 12.4. The predicted octanol–water partition coefficient (Wildman–Crippen LogP) is 14.7. The first-order valence-corrected chi connectivity index (χ1v) is 26.2. The lowest BCUT2D eigenvalue weighted by Crippen LogP contribution is -2.53. The Labute approximate surface area is 367 Å². The summed E-state index contributed by atoms with van der Waals surface area (Å²) >= 11 is 0. The van der Waals surface area contributed by atoms with Crippen LogP contribution in [0.25, 0.3) is 0 Å². The Morgan fingerprint density at radius 3 is 1.07 bits per heavy atom. The van der Waals surface area contributed by atoms with Crippen LogP contribution in [-0.2, 0) is 4.79 Å². The Morgan fingerprint density at radius 2 is 0.729 bits per heavy atom. The number of carbonyl (C=O) groups excluding carboxylic acids is 1. The summed E-state index contributed by atoms with van der Waals surface area (Å²) in [6, 6.07) is -0.980. The summed E-state index contributed by atoms with van der Waals surface area (Å²) in [5.41, 5.74) is 0. The van der Waals surface area contributed by atoms with Crippen LogP contribution in [0.15, 0.2) is 24.3 Å². The van der Waals surface area contributed by atoms with Crippen molar-refractivity contribution in [3.05, 3.63) is 24.3 Å². The summed E-state index contributed by atoms with van der Waals surface area (Å²) in [6.07, 6.45) is 57.5. The minimum absolute atomic E-state index is 0.370. The molecule has 0 fully saturated rings. The van der Waals surface area contributed by atoms with Gasteiger partial charge in [0.15, 0.2) is 0 Å². The SMILES string of the molecule is CCCCCCCCCCCCCCCCC/C=C\C/C=C\CCCCCCCCCCCCCCCCCCC(O)C(=O)NC(CO)C(O)C(O)CCCCCCC. The van der Waals surface area contributed by atoms with Gasteiger partial charge in [-0.15, -0.1) is 0 Å². The Morgan fingerprint density at radius 1 is 0.424 bits per heavy atom. The molecule has 0 aromatic carbocycles. The topological polar surface area (TPSA) is 110 Å². The molecular formula is C53H103NO5. The molecule has 0 aliphatic carbocycles. The molecule has 0 bridgehead atoms. The van der Waals surface area contributed by atoms with E-state index in [2.05, 4.69) is 43.5 Å². The van der Waals surface area contributed by atoms with Crippen LogP contribution in [0.5, 0.6) is 0 Å². The second kappa shape index (κ2) is 47.8. The number of hydrogen-bond donors (Lipinski definition) is 5. The Kier molecular flexibility index (Phi) is 46.9. The highest BCUT2D eigenvalue weighted by atomic mass is 16.3. The highest BCUT2D eigenvalue weighted by Gasteiger charge is 2.28. The van der Waals surface area contributed by atoms with Gasteiger partial charge >= 0.3 is 0 Å². The summed E-state index contributed by atoms with van der Waals surface area (Å²) in [5, 5.41) is 43.2. The van der Waals surface area contributed by atoms with Crippen molar-refractivity contribution in [2.45, 2.75) is 301 Å². The molecule has 0 spiro atoms. The van der Waals surface area contributed by atoms with Crippen molar-refractivity contribution in [1.82, 2.24) is 5.32 Å². The standard InChI is InChI=1S/C53H103NO5/c1-3-5-7-9-10-11-12-13-14-15-16-17-18-19-20-21-22-23-24-25-26-27-28-29-30-31-32-33-34-35-36-37-38-39-40-41-43-45-47-51(57)53(59)54-49(48-55)52(58)50(56)46-44-42-8-6-4-2/h22-23,25-26,49-52,55-58H,3-21,24,27-48H2,1-2H3,(H,54,59)/b23-22-,26-25-. The minimum Gasteiger partial charge on any atom is -0.394 e. The Balaban J connectivity index is 3.44. The minimum atomic E-state index is -1.25. The van der Waals surface area contributed by atoms with Crippen molar-refractivity contribution in [3.63, 3.8) is 0 Å². The third kappa shape index (κ3) is 41.9. The fraction of sp³-hybridized carbons (Fsp3) is 0.906. The largest absolute Gasteiger partial charge is 0.394 e. The number of carbonyl (C=O) groups is 1. The maximum Gasteiger partial charge on any atom is 0.249 e. The van der Waals surface area contributed by atoms with E-state index in [1.165, 1.54) is 193 Å². The van der Waals surface area contributed by atoms with Gasteiger partial charge in [0.05, 0.1) is 18.8 Å². The molecule has 0 rings (SSSR count). The highest BCUT2D eigenvalue weighted by Crippen LogP contribution is 2.17. The number of aliphatic hydroxyl groups excluding tert-OH is 4. The van der Waals surface area contributed by atoms with Crippen molar-refractivity contribution in [2.75, 3.05) is 6.61 Å². The monoisotopic (exact) mass is 834 g/mol. The van der Waals surface area contributed by atoms with Gasteiger partial charge in [-0.2, -0.15) is 0 Å². The lowest BCUT2D eigenvalue weighted by Gasteiger charge is -2.27. The maximum absolute atomic E-state index is 12.4. The van der Waals surface area contributed by atoms with Gasteiger partial charge in [0.25, 0.3) is 0 Å². The van der Waals surface area contributed by atoms with Gasteiger partial charge in [-0.1, -0.05) is 256 Å². The van der Waals surface area contributed by atoms with Gasteiger partial charge in [0.2, 0.25) is 5.91 Å². The maximum atomic E-state index is 12.4. The first-order valence-electron chi connectivity index (χ1n) is 26.2. The molecule has 0 aromatic heterocycles. The van der Waals surface area contributed by atoms with Crippen LogP contribution in [0.1, 0.15) is 277 Å². The molecule has 0 heterocycles. The van der Waals surface area contributed by atoms with Gasteiger partial charge in [0.1, 0.15) is 12.2 Å². The molecule has 5 N–H and O–H groups in total. The van der Waals surface area contributed by atoms with Crippen LogP contribution in [-0.4, -0.2) is 57.3 Å². The first-order chi connectivity index (χ1) is 29.0. The lowest BCUT2D eigenvalue weighted by molar-refractivity contribution is -0.132. The van der Waals surface area contributed by atoms with Crippen LogP contribution in [0, 0.1) is 0 Å². The summed E-state index contributed by atoms with van der Waals surface area (Å²) < 4.78 is 0. The second-order valence-corrected chi connectivity index (χ2v) is 18.2. The second-order valence-electron chi connectivity index (χ2n) is 18.2.